The van der Waals surface area contributed by atoms with Gasteiger partial charge in [-0.25, -0.2) is 17.9 Å². The van der Waals surface area contributed by atoms with Crippen LogP contribution >= 0.6 is 0 Å². The van der Waals surface area contributed by atoms with Crippen LogP contribution in [0.1, 0.15) is 41.6 Å². The lowest BCUT2D eigenvalue weighted by atomic mass is 10.1. The third-order valence-electron chi connectivity index (χ3n) is 3.43. The molecular formula is C14H19NO4S. The van der Waals surface area contributed by atoms with Gasteiger partial charge in [0, 0.05) is 6.04 Å². The summed E-state index contributed by atoms with van der Waals surface area (Å²) in [7, 11) is -2.01. The van der Waals surface area contributed by atoms with Crippen molar-refractivity contribution >= 4 is 16.0 Å². The molecular weight excluding hydrogens is 278 g/mol. The monoisotopic (exact) mass is 297 g/mol. The Morgan fingerprint density at radius 3 is 2.40 bits per heavy atom. The minimum atomic E-state index is -3.32. The molecule has 110 valence electrons. The number of nitrogens with one attached hydrogen (secondary N) is 1. The molecule has 0 radical (unpaired) electrons. The van der Waals surface area contributed by atoms with Crippen molar-refractivity contribution in [2.45, 2.75) is 37.5 Å². The topological polar surface area (TPSA) is 72.5 Å². The summed E-state index contributed by atoms with van der Waals surface area (Å²) in [5, 5.41) is 0. The fourth-order valence-electron chi connectivity index (χ4n) is 2.41. The van der Waals surface area contributed by atoms with Crippen LogP contribution < -0.4 is 4.72 Å². The van der Waals surface area contributed by atoms with Crippen molar-refractivity contribution in [1.82, 2.24) is 4.72 Å². The predicted molar refractivity (Wildman–Crippen MR) is 75.8 cm³/mol. The molecule has 1 saturated carbocycles. The fraction of sp³-hybridized carbons (Fsp3) is 0.500. The van der Waals surface area contributed by atoms with Gasteiger partial charge in [0.15, 0.2) is 0 Å². The van der Waals surface area contributed by atoms with Gasteiger partial charge in [0.1, 0.15) is 0 Å². The van der Waals surface area contributed by atoms with E-state index >= 15 is 0 Å². The molecule has 1 aliphatic carbocycles. The van der Waals surface area contributed by atoms with Crippen LogP contribution in [-0.2, 0) is 20.5 Å². The lowest BCUT2D eigenvalue weighted by Crippen LogP contribution is -2.33. The maximum absolute atomic E-state index is 12.0. The van der Waals surface area contributed by atoms with Gasteiger partial charge >= 0.3 is 5.97 Å². The number of carbonyl (C=O) groups is 1. The second-order valence-corrected chi connectivity index (χ2v) is 6.80. The molecule has 1 aromatic rings. The third-order valence-corrected chi connectivity index (χ3v) is 4.84. The predicted octanol–water partition coefficient (Wildman–Crippen LogP) is 1.84. The van der Waals surface area contributed by atoms with Crippen LogP contribution in [-0.4, -0.2) is 27.5 Å². The molecule has 2 rings (SSSR count). The highest BCUT2D eigenvalue weighted by Gasteiger charge is 2.21. The van der Waals surface area contributed by atoms with E-state index in [1.54, 1.807) is 24.3 Å². The molecule has 0 amide bonds. The summed E-state index contributed by atoms with van der Waals surface area (Å²) in [4.78, 5) is 11.3. The number of hydrogen-bond acceptors (Lipinski definition) is 4. The Balaban J connectivity index is 1.99. The van der Waals surface area contributed by atoms with Crippen molar-refractivity contribution in [2.24, 2.45) is 0 Å². The lowest BCUT2D eigenvalue weighted by Gasteiger charge is -2.12. The summed E-state index contributed by atoms with van der Waals surface area (Å²) in [5.41, 5.74) is 1.07. The normalized spacial score (nSPS) is 16.2. The summed E-state index contributed by atoms with van der Waals surface area (Å²) in [6.07, 6.45) is 4.00. The Hall–Kier alpha value is -1.40. The van der Waals surface area contributed by atoms with Crippen LogP contribution in [0.2, 0.25) is 0 Å². The van der Waals surface area contributed by atoms with Gasteiger partial charge in [0.2, 0.25) is 10.0 Å². The standard InChI is InChI=1S/C14H19NO4S/c1-19-14(16)12-8-6-11(7-9-12)10-20(17,18)15-13-4-2-3-5-13/h6-9,13,15H,2-5,10H2,1H3. The van der Waals surface area contributed by atoms with E-state index in [1.165, 1.54) is 7.11 Å². The van der Waals surface area contributed by atoms with E-state index in [4.69, 9.17) is 0 Å². The van der Waals surface area contributed by atoms with Crippen molar-refractivity contribution in [2.75, 3.05) is 7.11 Å². The van der Waals surface area contributed by atoms with E-state index in [-0.39, 0.29) is 11.8 Å². The summed E-state index contributed by atoms with van der Waals surface area (Å²) in [6, 6.07) is 6.51. The Kier molecular flexibility index (Phi) is 4.77. The van der Waals surface area contributed by atoms with E-state index in [1.807, 2.05) is 0 Å². The fourth-order valence-corrected chi connectivity index (χ4v) is 3.87. The number of sulfonamides is 1. The zero-order valence-electron chi connectivity index (χ0n) is 11.5. The second-order valence-electron chi connectivity index (χ2n) is 5.05. The molecule has 0 unspecified atom stereocenters. The molecule has 1 N–H and O–H groups in total. The van der Waals surface area contributed by atoms with Crippen LogP contribution in [0, 0.1) is 0 Å². The van der Waals surface area contributed by atoms with Gasteiger partial charge in [-0.3, -0.25) is 0 Å². The Morgan fingerprint density at radius 1 is 1.25 bits per heavy atom. The maximum atomic E-state index is 12.0. The molecule has 0 saturated heterocycles. The van der Waals surface area contributed by atoms with Crippen molar-refractivity contribution in [3.8, 4) is 0 Å². The van der Waals surface area contributed by atoms with Gasteiger partial charge in [-0.2, -0.15) is 0 Å². The first-order valence-electron chi connectivity index (χ1n) is 6.67. The highest BCUT2D eigenvalue weighted by atomic mass is 32.2. The van der Waals surface area contributed by atoms with Crippen molar-refractivity contribution in [3.05, 3.63) is 35.4 Å². The average Bonchev–Trinajstić information content (AvgIpc) is 2.90. The van der Waals surface area contributed by atoms with E-state index < -0.39 is 16.0 Å². The quantitative estimate of drug-likeness (QED) is 0.842. The molecule has 0 spiro atoms. The first-order valence-corrected chi connectivity index (χ1v) is 8.32. The molecule has 0 atom stereocenters. The Labute approximate surface area is 119 Å². The summed E-state index contributed by atoms with van der Waals surface area (Å²) < 4.78 is 31.4. The number of esters is 1. The van der Waals surface area contributed by atoms with Crippen LogP contribution in [0.3, 0.4) is 0 Å². The molecule has 1 aromatic carbocycles. The first kappa shape index (κ1) is 15.0. The summed E-state index contributed by atoms with van der Waals surface area (Å²) in [5.74, 6) is -0.492. The van der Waals surface area contributed by atoms with Gasteiger partial charge in [0.05, 0.1) is 18.4 Å². The van der Waals surface area contributed by atoms with Gasteiger partial charge in [-0.1, -0.05) is 25.0 Å². The van der Waals surface area contributed by atoms with Gasteiger partial charge in [0.25, 0.3) is 0 Å². The minimum Gasteiger partial charge on any atom is -0.465 e. The smallest absolute Gasteiger partial charge is 0.337 e. The Bertz CT molecular complexity index is 559. The summed E-state index contributed by atoms with van der Waals surface area (Å²) >= 11 is 0. The zero-order chi connectivity index (χ0) is 14.6. The molecule has 6 heteroatoms. The largest absolute Gasteiger partial charge is 0.465 e. The molecule has 1 aliphatic rings. The van der Waals surface area contributed by atoms with Crippen LogP contribution in [0.15, 0.2) is 24.3 Å². The lowest BCUT2D eigenvalue weighted by molar-refractivity contribution is 0.0600. The van der Waals surface area contributed by atoms with Crippen LogP contribution in [0.5, 0.6) is 0 Å². The number of carbonyl (C=O) groups excluding carboxylic acids is 1. The molecule has 0 heterocycles. The number of ether oxygens (including phenoxy) is 1. The molecule has 20 heavy (non-hydrogen) atoms. The van der Waals surface area contributed by atoms with Crippen LogP contribution in [0.25, 0.3) is 0 Å². The number of methoxy groups -OCH3 is 1. The van der Waals surface area contributed by atoms with Crippen molar-refractivity contribution in [3.63, 3.8) is 0 Å². The van der Waals surface area contributed by atoms with E-state index in [0.717, 1.165) is 25.7 Å². The minimum absolute atomic E-state index is 0.0645. The Morgan fingerprint density at radius 2 is 1.85 bits per heavy atom. The van der Waals surface area contributed by atoms with Crippen LogP contribution in [0.4, 0.5) is 0 Å². The SMILES string of the molecule is COC(=O)c1ccc(CS(=O)(=O)NC2CCCC2)cc1. The molecule has 0 aromatic heterocycles. The number of benzene rings is 1. The molecule has 0 aliphatic heterocycles. The van der Waals surface area contributed by atoms with Gasteiger partial charge < -0.3 is 4.74 Å². The van der Waals surface area contributed by atoms with Gasteiger partial charge in [-0.15, -0.1) is 0 Å². The first-order chi connectivity index (χ1) is 9.50. The summed E-state index contributed by atoms with van der Waals surface area (Å²) in [6.45, 7) is 0. The van der Waals surface area contributed by atoms with Crippen molar-refractivity contribution in [1.29, 1.82) is 0 Å². The molecule has 5 nitrogen and oxygen atoms in total. The highest BCUT2D eigenvalue weighted by molar-refractivity contribution is 7.88. The highest BCUT2D eigenvalue weighted by Crippen LogP contribution is 2.19. The molecule has 0 bridgehead atoms. The molecule has 1 fully saturated rings. The average molecular weight is 297 g/mol. The van der Waals surface area contributed by atoms with E-state index in [9.17, 15) is 13.2 Å². The number of hydrogen-bond donors (Lipinski definition) is 1. The van der Waals surface area contributed by atoms with Gasteiger partial charge in [-0.05, 0) is 30.5 Å². The van der Waals surface area contributed by atoms with Crippen molar-refractivity contribution < 1.29 is 17.9 Å². The third kappa shape index (κ3) is 4.05. The van der Waals surface area contributed by atoms with E-state index in [2.05, 4.69) is 9.46 Å². The zero-order valence-corrected chi connectivity index (χ0v) is 12.3. The number of rotatable bonds is 5. The van der Waals surface area contributed by atoms with E-state index in [0.29, 0.717) is 11.1 Å². The second kappa shape index (κ2) is 6.37. The maximum Gasteiger partial charge on any atom is 0.337 e.